The molecule has 4 heteroatoms. The van der Waals surface area contributed by atoms with Gasteiger partial charge in [0.25, 0.3) is 0 Å². The second kappa shape index (κ2) is 6.19. The molecule has 0 aromatic carbocycles. The summed E-state index contributed by atoms with van der Waals surface area (Å²) in [5.41, 5.74) is 1.63. The number of carbonyl (C=O) groups is 1. The van der Waals surface area contributed by atoms with E-state index in [9.17, 15) is 4.79 Å². The summed E-state index contributed by atoms with van der Waals surface area (Å²) >= 11 is 0. The number of allylic oxidation sites excluding steroid dienone is 2. The van der Waals surface area contributed by atoms with E-state index in [4.69, 9.17) is 0 Å². The van der Waals surface area contributed by atoms with Crippen molar-refractivity contribution in [3.8, 4) is 0 Å². The molecule has 2 saturated carbocycles. The van der Waals surface area contributed by atoms with Crippen LogP contribution in [0.15, 0.2) is 36.7 Å². The first-order valence-electron chi connectivity index (χ1n) is 10.2. The predicted octanol–water partition coefficient (Wildman–Crippen LogP) is 3.11. The highest BCUT2D eigenvalue weighted by Crippen LogP contribution is 2.70. The maximum Gasteiger partial charge on any atom is 0.226 e. The van der Waals surface area contributed by atoms with Gasteiger partial charge in [-0.05, 0) is 81.1 Å². The van der Waals surface area contributed by atoms with Crippen LogP contribution in [0.2, 0.25) is 0 Å². The molecule has 1 aromatic heterocycles. The average Bonchev–Trinajstić information content (AvgIpc) is 3.34. The Balaban J connectivity index is 1.38. The topological polar surface area (TPSA) is 36.4 Å². The van der Waals surface area contributed by atoms with Gasteiger partial charge in [-0.15, -0.1) is 0 Å². The molecule has 0 radical (unpaired) electrons. The highest BCUT2D eigenvalue weighted by Gasteiger charge is 2.64. The van der Waals surface area contributed by atoms with Crippen molar-refractivity contribution < 1.29 is 4.79 Å². The fourth-order valence-corrected chi connectivity index (χ4v) is 5.85. The Kier molecular flexibility index (Phi) is 3.93. The van der Waals surface area contributed by atoms with E-state index >= 15 is 0 Å². The molecule has 1 aliphatic heterocycles. The number of piperidine rings is 1. The Morgan fingerprint density at radius 2 is 2.12 bits per heavy atom. The number of amides is 1. The van der Waals surface area contributed by atoms with E-state index in [1.165, 1.54) is 12.8 Å². The van der Waals surface area contributed by atoms with Crippen molar-refractivity contribution in [1.82, 2.24) is 14.8 Å². The first kappa shape index (κ1) is 16.5. The van der Waals surface area contributed by atoms with E-state index in [-0.39, 0.29) is 5.92 Å². The molecule has 4 nitrogen and oxygen atoms in total. The Bertz CT molecular complexity index is 703. The van der Waals surface area contributed by atoms with Gasteiger partial charge in [-0.2, -0.15) is 0 Å². The number of aromatic nitrogens is 1. The highest BCUT2D eigenvalue weighted by atomic mass is 16.2. The number of hydrogen-bond donors (Lipinski definition) is 0. The van der Waals surface area contributed by atoms with Gasteiger partial charge in [-0.3, -0.25) is 9.78 Å². The lowest BCUT2D eigenvalue weighted by atomic mass is 9.87. The Morgan fingerprint density at radius 1 is 1.31 bits per heavy atom. The molecule has 1 spiro atoms. The normalized spacial score (nSPS) is 32.3. The monoisotopic (exact) mass is 351 g/mol. The van der Waals surface area contributed by atoms with E-state index in [0.29, 0.717) is 35.7 Å². The van der Waals surface area contributed by atoms with Gasteiger partial charge in [0.2, 0.25) is 5.91 Å². The van der Waals surface area contributed by atoms with Crippen molar-refractivity contribution in [3.63, 3.8) is 0 Å². The molecular formula is C22H29N3O. The van der Waals surface area contributed by atoms with Crippen molar-refractivity contribution in [2.24, 2.45) is 23.2 Å². The molecule has 2 bridgehead atoms. The zero-order chi connectivity index (χ0) is 17.7. The van der Waals surface area contributed by atoms with Crippen LogP contribution < -0.4 is 0 Å². The molecule has 3 fully saturated rings. The number of hydrogen-bond acceptors (Lipinski definition) is 3. The molecular weight excluding hydrogens is 322 g/mol. The van der Waals surface area contributed by atoms with Gasteiger partial charge in [0.15, 0.2) is 0 Å². The molecule has 2 heterocycles. The number of pyridine rings is 1. The summed E-state index contributed by atoms with van der Waals surface area (Å²) < 4.78 is 0. The van der Waals surface area contributed by atoms with Crippen molar-refractivity contribution in [1.29, 1.82) is 0 Å². The van der Waals surface area contributed by atoms with Crippen LogP contribution in [0, 0.1) is 23.2 Å². The Morgan fingerprint density at radius 3 is 2.77 bits per heavy atom. The van der Waals surface area contributed by atoms with E-state index < -0.39 is 0 Å². The molecule has 1 saturated heterocycles. The fourth-order valence-electron chi connectivity index (χ4n) is 5.85. The molecule has 4 aliphatic rings. The van der Waals surface area contributed by atoms with Crippen molar-refractivity contribution in [3.05, 3.63) is 42.2 Å². The number of likely N-dealkylation sites (tertiary alicyclic amines) is 1. The maximum atomic E-state index is 13.7. The third-order valence-corrected chi connectivity index (χ3v) is 7.53. The molecule has 5 rings (SSSR count). The Labute approximate surface area is 156 Å². The minimum Gasteiger partial charge on any atom is -0.335 e. The maximum absolute atomic E-state index is 13.7. The van der Waals surface area contributed by atoms with Gasteiger partial charge in [0, 0.05) is 30.9 Å². The summed E-state index contributed by atoms with van der Waals surface area (Å²) in [4.78, 5) is 22.6. The second-order valence-electron chi connectivity index (χ2n) is 8.95. The van der Waals surface area contributed by atoms with Crippen LogP contribution in [0.25, 0.3) is 0 Å². The van der Waals surface area contributed by atoms with Gasteiger partial charge >= 0.3 is 0 Å². The largest absolute Gasteiger partial charge is 0.335 e. The van der Waals surface area contributed by atoms with Crippen LogP contribution in [0.4, 0.5) is 0 Å². The first-order valence-corrected chi connectivity index (χ1v) is 10.2. The van der Waals surface area contributed by atoms with Crippen LogP contribution in [0.3, 0.4) is 0 Å². The van der Waals surface area contributed by atoms with Gasteiger partial charge in [0.1, 0.15) is 0 Å². The fraction of sp³-hybridized carbons (Fsp3) is 0.636. The third kappa shape index (κ3) is 2.61. The SMILES string of the molecule is CN1CCC(N(Cc2cccnc2)C(=O)[C@@H]2C[C@H]3C=C[C@H]2C32CC2)CC1. The number of rotatable bonds is 4. The van der Waals surface area contributed by atoms with Gasteiger partial charge in [-0.1, -0.05) is 18.2 Å². The molecule has 0 N–H and O–H groups in total. The third-order valence-electron chi connectivity index (χ3n) is 7.53. The highest BCUT2D eigenvalue weighted by molar-refractivity contribution is 5.81. The van der Waals surface area contributed by atoms with Crippen LogP contribution in [0.5, 0.6) is 0 Å². The molecule has 3 aliphatic carbocycles. The van der Waals surface area contributed by atoms with E-state index in [1.807, 2.05) is 18.5 Å². The quantitative estimate of drug-likeness (QED) is 0.782. The molecule has 1 aromatic rings. The summed E-state index contributed by atoms with van der Waals surface area (Å²) in [5.74, 6) is 1.79. The van der Waals surface area contributed by atoms with E-state index in [2.05, 4.69) is 40.0 Å². The lowest BCUT2D eigenvalue weighted by molar-refractivity contribution is -0.140. The Hall–Kier alpha value is -1.68. The summed E-state index contributed by atoms with van der Waals surface area (Å²) in [6.07, 6.45) is 14.4. The standard InChI is InChI=1S/C22H29N3O/c1-24-11-6-18(7-12-24)25(15-16-3-2-10-23-14-16)21(26)19-13-17-4-5-20(19)22(17)8-9-22/h2-5,10,14,17-20H,6-9,11-13,15H2,1H3/t17-,19-,20-/m1/s1. The van der Waals surface area contributed by atoms with Crippen LogP contribution in [-0.2, 0) is 11.3 Å². The predicted molar refractivity (Wildman–Crippen MR) is 101 cm³/mol. The molecule has 0 unspecified atom stereocenters. The first-order chi connectivity index (χ1) is 12.7. The molecule has 26 heavy (non-hydrogen) atoms. The lowest BCUT2D eigenvalue weighted by Gasteiger charge is -2.39. The zero-order valence-electron chi connectivity index (χ0n) is 15.7. The minimum atomic E-state index is 0.212. The van der Waals surface area contributed by atoms with Gasteiger partial charge in [-0.25, -0.2) is 0 Å². The summed E-state index contributed by atoms with van der Waals surface area (Å²) in [5, 5.41) is 0. The van der Waals surface area contributed by atoms with Crippen LogP contribution in [-0.4, -0.2) is 46.9 Å². The number of nitrogens with zero attached hydrogens (tertiary/aromatic N) is 3. The van der Waals surface area contributed by atoms with Crippen molar-refractivity contribution in [2.75, 3.05) is 20.1 Å². The van der Waals surface area contributed by atoms with Crippen molar-refractivity contribution >= 4 is 5.91 Å². The summed E-state index contributed by atoms with van der Waals surface area (Å²) in [6, 6.07) is 4.45. The van der Waals surface area contributed by atoms with E-state index in [1.54, 1.807) is 0 Å². The van der Waals surface area contributed by atoms with Gasteiger partial charge in [0.05, 0.1) is 0 Å². The van der Waals surface area contributed by atoms with Crippen LogP contribution >= 0.6 is 0 Å². The minimum absolute atomic E-state index is 0.212. The molecule has 1 amide bonds. The summed E-state index contributed by atoms with van der Waals surface area (Å²) in [7, 11) is 2.18. The van der Waals surface area contributed by atoms with Gasteiger partial charge < -0.3 is 9.80 Å². The van der Waals surface area contributed by atoms with Crippen molar-refractivity contribution in [2.45, 2.75) is 44.7 Å². The molecule has 138 valence electrons. The lowest BCUT2D eigenvalue weighted by Crippen LogP contribution is -2.48. The summed E-state index contributed by atoms with van der Waals surface area (Å²) in [6.45, 7) is 2.88. The smallest absolute Gasteiger partial charge is 0.226 e. The molecule has 3 atom stereocenters. The second-order valence-corrected chi connectivity index (χ2v) is 8.95. The van der Waals surface area contributed by atoms with E-state index in [0.717, 1.165) is 37.9 Å². The number of carbonyl (C=O) groups excluding carboxylic acids is 1. The zero-order valence-corrected chi connectivity index (χ0v) is 15.7. The average molecular weight is 351 g/mol. The van der Waals surface area contributed by atoms with Crippen LogP contribution in [0.1, 0.15) is 37.7 Å².